The van der Waals surface area contributed by atoms with Crippen molar-refractivity contribution >= 4 is 19.7 Å². The fourth-order valence-electron chi connectivity index (χ4n) is 5.46. The van der Waals surface area contributed by atoms with Gasteiger partial charge in [-0.05, 0) is 89.9 Å². The van der Waals surface area contributed by atoms with E-state index in [9.17, 15) is 24.2 Å². The van der Waals surface area contributed by atoms with E-state index in [4.69, 9.17) is 13.8 Å². The molecule has 0 aromatic carbocycles. The molecular formula is C51H82NO8P. The second kappa shape index (κ2) is 45.9. The number of allylic oxidation sites excluding steroid dienone is 19. The van der Waals surface area contributed by atoms with Gasteiger partial charge in [0.15, 0.2) is 0 Å². The zero-order chi connectivity index (χ0) is 44.6. The summed E-state index contributed by atoms with van der Waals surface area (Å²) in [7, 11) is -4.46. The highest BCUT2D eigenvalue weighted by atomic mass is 31.2. The van der Waals surface area contributed by atoms with E-state index >= 15 is 0 Å². The predicted molar refractivity (Wildman–Crippen MR) is 256 cm³/mol. The fourth-order valence-corrected chi connectivity index (χ4v) is 6.22. The summed E-state index contributed by atoms with van der Waals surface area (Å²) in [6.45, 7) is 3.25. The molecule has 0 aromatic rings. The Balaban J connectivity index is 3.77. The van der Waals surface area contributed by atoms with Crippen LogP contribution in [-0.2, 0) is 27.9 Å². The monoisotopic (exact) mass is 868 g/mol. The Morgan fingerprint density at radius 1 is 0.541 bits per heavy atom. The van der Waals surface area contributed by atoms with Crippen LogP contribution in [0.2, 0.25) is 0 Å². The van der Waals surface area contributed by atoms with Crippen molar-refractivity contribution in [3.05, 3.63) is 122 Å². The number of hydrogen-bond donors (Lipinski definition) is 3. The van der Waals surface area contributed by atoms with Gasteiger partial charge in [0.05, 0.1) is 13.2 Å². The normalized spacial score (nSPS) is 14.4. The second-order valence-electron chi connectivity index (χ2n) is 14.7. The number of nitrogens with one attached hydrogen (secondary N) is 1. The van der Waals surface area contributed by atoms with Crippen LogP contribution in [0.1, 0.15) is 155 Å². The number of aliphatic hydroxyl groups is 1. The molecule has 0 fully saturated rings. The number of hydrogen-bond acceptors (Lipinski definition) is 7. The fraction of sp³-hybridized carbons (Fsp3) is 0.569. The molecule has 2 unspecified atom stereocenters. The van der Waals surface area contributed by atoms with E-state index in [-0.39, 0.29) is 38.5 Å². The summed E-state index contributed by atoms with van der Waals surface area (Å²) in [4.78, 5) is 33.9. The van der Waals surface area contributed by atoms with Crippen molar-refractivity contribution in [2.45, 2.75) is 161 Å². The SMILES string of the molecule is CC/C=C\C/C=C\C/C=C\C/C=C\C/C=C\C/C=C\C/C=C\CC(=O)NCCOP(=O)(O)OCC(O)COC(=O)CCCCCCCC/C=C\C/C=C\C/C=C\CCCCC. The molecule has 9 nitrogen and oxygen atoms in total. The van der Waals surface area contributed by atoms with Gasteiger partial charge >= 0.3 is 13.8 Å². The van der Waals surface area contributed by atoms with Crippen molar-refractivity contribution in [1.29, 1.82) is 0 Å². The smallest absolute Gasteiger partial charge is 0.463 e. The Labute approximate surface area is 370 Å². The lowest BCUT2D eigenvalue weighted by atomic mass is 10.1. The Bertz CT molecular complexity index is 1400. The molecule has 61 heavy (non-hydrogen) atoms. The van der Waals surface area contributed by atoms with Crippen molar-refractivity contribution in [1.82, 2.24) is 5.32 Å². The van der Waals surface area contributed by atoms with Crippen molar-refractivity contribution < 1.29 is 37.9 Å². The van der Waals surface area contributed by atoms with Crippen LogP contribution in [0.15, 0.2) is 122 Å². The molecule has 0 bridgehead atoms. The molecule has 344 valence electrons. The van der Waals surface area contributed by atoms with E-state index in [1.807, 2.05) is 12.2 Å². The van der Waals surface area contributed by atoms with Gasteiger partial charge in [-0.15, -0.1) is 0 Å². The second-order valence-corrected chi connectivity index (χ2v) is 16.1. The molecule has 0 aliphatic carbocycles. The molecule has 0 aliphatic heterocycles. The first-order valence-electron chi connectivity index (χ1n) is 23.0. The molecule has 2 atom stereocenters. The maximum Gasteiger partial charge on any atom is 0.472 e. The summed E-state index contributed by atoms with van der Waals surface area (Å²) >= 11 is 0. The third-order valence-corrected chi connectivity index (χ3v) is 9.89. The zero-order valence-corrected chi connectivity index (χ0v) is 38.7. The summed E-state index contributed by atoms with van der Waals surface area (Å²) < 4.78 is 26.9. The zero-order valence-electron chi connectivity index (χ0n) is 37.8. The van der Waals surface area contributed by atoms with Crippen LogP contribution >= 0.6 is 7.82 Å². The van der Waals surface area contributed by atoms with Gasteiger partial charge in [-0.1, -0.05) is 174 Å². The maximum absolute atomic E-state index is 12.1. The third-order valence-electron chi connectivity index (χ3n) is 8.90. The lowest BCUT2D eigenvalue weighted by Gasteiger charge is -2.15. The number of phosphoric ester groups is 1. The lowest BCUT2D eigenvalue weighted by Crippen LogP contribution is -2.26. The van der Waals surface area contributed by atoms with Crippen LogP contribution in [0.25, 0.3) is 0 Å². The first kappa shape index (κ1) is 57.4. The Morgan fingerprint density at radius 3 is 1.46 bits per heavy atom. The molecular weight excluding hydrogens is 786 g/mol. The average Bonchev–Trinajstić information content (AvgIpc) is 3.25. The van der Waals surface area contributed by atoms with Crippen molar-refractivity contribution in [2.75, 3.05) is 26.4 Å². The van der Waals surface area contributed by atoms with Gasteiger partial charge in [0, 0.05) is 19.4 Å². The van der Waals surface area contributed by atoms with E-state index in [0.717, 1.165) is 89.9 Å². The highest BCUT2D eigenvalue weighted by Crippen LogP contribution is 2.42. The van der Waals surface area contributed by atoms with Gasteiger partial charge in [0.1, 0.15) is 12.7 Å². The number of rotatable bonds is 41. The minimum atomic E-state index is -4.46. The van der Waals surface area contributed by atoms with Crippen LogP contribution in [0, 0.1) is 0 Å². The topological polar surface area (TPSA) is 131 Å². The summed E-state index contributed by atoms with van der Waals surface area (Å²) in [6.07, 6.45) is 63.0. The predicted octanol–water partition coefficient (Wildman–Crippen LogP) is 13.3. The Morgan fingerprint density at radius 2 is 0.967 bits per heavy atom. The molecule has 0 saturated carbocycles. The molecule has 0 aliphatic rings. The molecule has 0 spiro atoms. The van der Waals surface area contributed by atoms with E-state index in [1.54, 1.807) is 6.08 Å². The third kappa shape index (κ3) is 47.3. The summed E-state index contributed by atoms with van der Waals surface area (Å²) in [5, 5.41) is 12.6. The molecule has 0 heterocycles. The molecule has 10 heteroatoms. The molecule has 0 rings (SSSR count). The molecule has 0 aromatic heterocycles. The van der Waals surface area contributed by atoms with Gasteiger partial charge in [-0.3, -0.25) is 18.6 Å². The van der Waals surface area contributed by atoms with Crippen molar-refractivity contribution in [3.63, 3.8) is 0 Å². The number of phosphoric acid groups is 1. The number of ether oxygens (including phenoxy) is 1. The van der Waals surface area contributed by atoms with Gasteiger partial charge in [0.2, 0.25) is 5.91 Å². The quantitative estimate of drug-likeness (QED) is 0.0240. The number of esters is 1. The summed E-state index contributed by atoms with van der Waals surface area (Å²) in [5.74, 6) is -0.674. The summed E-state index contributed by atoms with van der Waals surface area (Å²) in [6, 6.07) is 0. The number of unbranched alkanes of at least 4 members (excludes halogenated alkanes) is 9. The molecule has 1 amide bonds. The van der Waals surface area contributed by atoms with E-state index < -0.39 is 26.5 Å². The highest BCUT2D eigenvalue weighted by molar-refractivity contribution is 7.47. The minimum absolute atomic E-state index is 0.0151. The summed E-state index contributed by atoms with van der Waals surface area (Å²) in [5.41, 5.74) is 0. The number of amides is 1. The molecule has 3 N–H and O–H groups in total. The lowest BCUT2D eigenvalue weighted by molar-refractivity contribution is -0.147. The number of carbonyl (C=O) groups is 2. The standard InChI is InChI=1S/C51H82NO8P/c1-3-5-7-9-11-13-15-17-19-21-23-24-26-27-29-31-33-35-37-39-41-43-50(54)52-45-46-59-61(56,57)60-48-49(53)47-58-51(55)44-42-40-38-36-34-32-30-28-25-22-20-18-16-14-12-10-8-6-4-2/h5,7,11-14,17-20,23-25,27-29,33,35,39,41,49,53H,3-4,6,8-10,15-16,21-22,26,30-32,34,36-38,40,42-48H2,1-2H3,(H,52,54)(H,56,57)/b7-5-,13-11-,14-12-,19-17-,20-18-,24-23-,28-25-,29-27-,35-33-,41-39-. The van der Waals surface area contributed by atoms with Crippen LogP contribution in [-0.4, -0.2) is 54.3 Å². The van der Waals surface area contributed by atoms with Gasteiger partial charge in [-0.2, -0.15) is 0 Å². The largest absolute Gasteiger partial charge is 0.472 e. The van der Waals surface area contributed by atoms with Gasteiger partial charge in [-0.25, -0.2) is 4.57 Å². The first-order chi connectivity index (χ1) is 29.8. The van der Waals surface area contributed by atoms with Crippen LogP contribution in [0.5, 0.6) is 0 Å². The van der Waals surface area contributed by atoms with Crippen LogP contribution < -0.4 is 5.32 Å². The number of aliphatic hydroxyl groups excluding tert-OH is 1. The number of carbonyl (C=O) groups excluding carboxylic acids is 2. The van der Waals surface area contributed by atoms with Crippen molar-refractivity contribution in [3.8, 4) is 0 Å². The van der Waals surface area contributed by atoms with E-state index in [2.05, 4.69) is 122 Å². The highest BCUT2D eigenvalue weighted by Gasteiger charge is 2.23. The van der Waals surface area contributed by atoms with Crippen LogP contribution in [0.3, 0.4) is 0 Å². The van der Waals surface area contributed by atoms with E-state index in [0.29, 0.717) is 12.8 Å². The Kier molecular flexibility index (Phi) is 43.2. The Hall–Kier alpha value is -3.59. The van der Waals surface area contributed by atoms with Gasteiger partial charge < -0.3 is 20.1 Å². The minimum Gasteiger partial charge on any atom is -0.463 e. The first-order valence-corrected chi connectivity index (χ1v) is 24.5. The average molecular weight is 868 g/mol. The van der Waals surface area contributed by atoms with Crippen LogP contribution in [0.4, 0.5) is 0 Å². The van der Waals surface area contributed by atoms with E-state index in [1.165, 1.54) is 25.7 Å². The van der Waals surface area contributed by atoms with Gasteiger partial charge in [0.25, 0.3) is 0 Å². The van der Waals surface area contributed by atoms with Crippen molar-refractivity contribution in [2.24, 2.45) is 0 Å². The molecule has 0 saturated heterocycles. The molecule has 0 radical (unpaired) electrons. The maximum atomic E-state index is 12.1.